The average molecular weight is 249 g/mol. The van der Waals surface area contributed by atoms with Crippen LogP contribution in [0.25, 0.3) is 0 Å². The number of hydrogen-bond acceptors (Lipinski definition) is 2. The average Bonchev–Trinajstić information content (AvgIpc) is 2.37. The number of carboxylic acid groups (broad SMARTS) is 1. The maximum absolute atomic E-state index is 10.9. The van der Waals surface area contributed by atoms with Gasteiger partial charge < -0.3 is 5.11 Å². The molecule has 0 spiro atoms. The molecule has 0 aliphatic rings. The van der Waals surface area contributed by atoms with Gasteiger partial charge in [0.15, 0.2) is 0 Å². The van der Waals surface area contributed by atoms with Crippen molar-refractivity contribution in [2.75, 3.05) is 7.05 Å². The quantitative estimate of drug-likeness (QED) is 0.842. The van der Waals surface area contributed by atoms with Crippen molar-refractivity contribution in [2.24, 2.45) is 0 Å². The third-order valence-electron chi connectivity index (χ3n) is 3.61. The highest BCUT2D eigenvalue weighted by molar-refractivity contribution is 5.72. The molecule has 0 saturated heterocycles. The fourth-order valence-corrected chi connectivity index (χ4v) is 1.80. The van der Waals surface area contributed by atoms with E-state index in [-0.39, 0.29) is 0 Å². The number of benzene rings is 1. The van der Waals surface area contributed by atoms with Gasteiger partial charge in [-0.15, -0.1) is 0 Å². The fourth-order valence-electron chi connectivity index (χ4n) is 1.80. The Morgan fingerprint density at radius 2 is 1.83 bits per heavy atom. The molecule has 1 aromatic carbocycles. The first kappa shape index (κ1) is 14.7. The Morgan fingerprint density at radius 1 is 1.28 bits per heavy atom. The molecular formula is C15H23NO2. The van der Waals surface area contributed by atoms with E-state index in [0.717, 1.165) is 12.0 Å². The Bertz CT molecular complexity index is 386. The summed E-state index contributed by atoms with van der Waals surface area (Å²) in [6, 6.07) is 8.00. The summed E-state index contributed by atoms with van der Waals surface area (Å²) < 4.78 is 0. The number of carbonyl (C=O) groups is 1. The van der Waals surface area contributed by atoms with Crippen molar-refractivity contribution >= 4 is 5.97 Å². The van der Waals surface area contributed by atoms with Crippen molar-refractivity contribution in [1.29, 1.82) is 0 Å². The van der Waals surface area contributed by atoms with Gasteiger partial charge in [0.25, 0.3) is 0 Å². The van der Waals surface area contributed by atoms with Crippen LogP contribution in [-0.2, 0) is 11.3 Å². The van der Waals surface area contributed by atoms with E-state index in [0.29, 0.717) is 12.5 Å². The molecule has 0 aromatic heterocycles. The Kier molecular flexibility index (Phi) is 5.35. The standard InChI is InChI=1S/C15H23NO2/c1-5-11(2)14-8-6-13(7-9-14)10-16(4)12(3)15(17)18/h6-9,11-12H,5,10H2,1-4H3,(H,17,18). The Balaban J connectivity index is 2.66. The van der Waals surface area contributed by atoms with Crippen molar-refractivity contribution in [3.05, 3.63) is 35.4 Å². The highest BCUT2D eigenvalue weighted by Crippen LogP contribution is 2.19. The zero-order valence-corrected chi connectivity index (χ0v) is 11.7. The van der Waals surface area contributed by atoms with E-state index in [1.54, 1.807) is 6.92 Å². The summed E-state index contributed by atoms with van der Waals surface area (Å²) in [6.07, 6.45) is 1.13. The molecule has 0 aliphatic heterocycles. The Labute approximate surface area is 109 Å². The first-order valence-corrected chi connectivity index (χ1v) is 6.47. The van der Waals surface area contributed by atoms with Gasteiger partial charge in [-0.3, -0.25) is 9.69 Å². The van der Waals surface area contributed by atoms with Crippen LogP contribution >= 0.6 is 0 Å². The molecule has 0 heterocycles. The van der Waals surface area contributed by atoms with Gasteiger partial charge in [0.1, 0.15) is 6.04 Å². The molecule has 0 radical (unpaired) electrons. The van der Waals surface area contributed by atoms with Crippen LogP contribution in [-0.4, -0.2) is 29.1 Å². The van der Waals surface area contributed by atoms with Crippen molar-refractivity contribution in [1.82, 2.24) is 4.90 Å². The Morgan fingerprint density at radius 3 is 2.28 bits per heavy atom. The predicted octanol–water partition coefficient (Wildman–Crippen LogP) is 3.11. The smallest absolute Gasteiger partial charge is 0.320 e. The summed E-state index contributed by atoms with van der Waals surface area (Å²) in [5.74, 6) is -0.205. The first-order valence-electron chi connectivity index (χ1n) is 6.47. The van der Waals surface area contributed by atoms with E-state index in [1.165, 1.54) is 5.56 Å². The molecular weight excluding hydrogens is 226 g/mol. The van der Waals surface area contributed by atoms with Gasteiger partial charge in [0.2, 0.25) is 0 Å². The van der Waals surface area contributed by atoms with Crippen LogP contribution in [0.15, 0.2) is 24.3 Å². The molecule has 0 amide bonds. The van der Waals surface area contributed by atoms with Crippen molar-refractivity contribution in [2.45, 2.75) is 45.7 Å². The number of likely N-dealkylation sites (N-methyl/N-ethyl adjacent to an activating group) is 1. The van der Waals surface area contributed by atoms with Gasteiger partial charge >= 0.3 is 5.97 Å². The monoisotopic (exact) mass is 249 g/mol. The lowest BCUT2D eigenvalue weighted by molar-refractivity contribution is -0.142. The zero-order chi connectivity index (χ0) is 13.7. The van der Waals surface area contributed by atoms with E-state index >= 15 is 0 Å². The lowest BCUT2D eigenvalue weighted by Crippen LogP contribution is -2.35. The minimum absolute atomic E-state index is 0.459. The molecule has 0 bridgehead atoms. The maximum atomic E-state index is 10.9. The van der Waals surface area contributed by atoms with E-state index in [9.17, 15) is 4.79 Å². The summed E-state index contributed by atoms with van der Waals surface area (Å²) in [4.78, 5) is 12.7. The number of hydrogen-bond donors (Lipinski definition) is 1. The highest BCUT2D eigenvalue weighted by Gasteiger charge is 2.16. The number of carboxylic acids is 1. The van der Waals surface area contributed by atoms with Gasteiger partial charge in [-0.2, -0.15) is 0 Å². The molecule has 18 heavy (non-hydrogen) atoms. The summed E-state index contributed by atoms with van der Waals surface area (Å²) in [6.45, 7) is 6.76. The van der Waals surface area contributed by atoms with Crippen molar-refractivity contribution in [3.63, 3.8) is 0 Å². The van der Waals surface area contributed by atoms with Gasteiger partial charge in [-0.25, -0.2) is 0 Å². The summed E-state index contributed by atoms with van der Waals surface area (Å²) in [7, 11) is 1.83. The number of nitrogens with zero attached hydrogens (tertiary/aromatic N) is 1. The topological polar surface area (TPSA) is 40.5 Å². The first-order chi connectivity index (χ1) is 8.45. The molecule has 1 rings (SSSR count). The molecule has 100 valence electrons. The molecule has 3 heteroatoms. The number of rotatable bonds is 6. The van der Waals surface area contributed by atoms with Crippen molar-refractivity contribution < 1.29 is 9.90 Å². The third-order valence-corrected chi connectivity index (χ3v) is 3.61. The summed E-state index contributed by atoms with van der Waals surface area (Å²) in [5, 5.41) is 8.94. The lowest BCUT2D eigenvalue weighted by atomic mass is 9.97. The van der Waals surface area contributed by atoms with Gasteiger partial charge in [-0.1, -0.05) is 38.1 Å². The van der Waals surface area contributed by atoms with E-state index in [1.807, 2.05) is 11.9 Å². The van der Waals surface area contributed by atoms with Crippen LogP contribution in [0.3, 0.4) is 0 Å². The summed E-state index contributed by atoms with van der Waals surface area (Å²) in [5.41, 5.74) is 2.49. The van der Waals surface area contributed by atoms with Gasteiger partial charge in [-0.05, 0) is 37.4 Å². The van der Waals surface area contributed by atoms with Crippen LogP contribution < -0.4 is 0 Å². The molecule has 2 unspecified atom stereocenters. The molecule has 1 N–H and O–H groups in total. The highest BCUT2D eigenvalue weighted by atomic mass is 16.4. The zero-order valence-electron chi connectivity index (χ0n) is 11.7. The lowest BCUT2D eigenvalue weighted by Gasteiger charge is -2.21. The second-order valence-electron chi connectivity index (χ2n) is 4.98. The van der Waals surface area contributed by atoms with E-state index in [2.05, 4.69) is 38.1 Å². The minimum Gasteiger partial charge on any atom is -0.480 e. The molecule has 2 atom stereocenters. The normalized spacial score (nSPS) is 14.5. The van der Waals surface area contributed by atoms with Crippen LogP contribution in [0.4, 0.5) is 0 Å². The van der Waals surface area contributed by atoms with Gasteiger partial charge in [0, 0.05) is 6.54 Å². The second kappa shape index (κ2) is 6.55. The minimum atomic E-state index is -0.784. The molecule has 1 aromatic rings. The predicted molar refractivity (Wildman–Crippen MR) is 73.7 cm³/mol. The van der Waals surface area contributed by atoms with Crippen LogP contribution in [0.2, 0.25) is 0 Å². The van der Waals surface area contributed by atoms with Crippen LogP contribution in [0, 0.1) is 0 Å². The van der Waals surface area contributed by atoms with Crippen LogP contribution in [0.1, 0.15) is 44.2 Å². The fraction of sp³-hybridized carbons (Fsp3) is 0.533. The third kappa shape index (κ3) is 3.84. The number of aliphatic carboxylic acids is 1. The molecule has 0 aliphatic carbocycles. The van der Waals surface area contributed by atoms with Gasteiger partial charge in [0.05, 0.1) is 0 Å². The van der Waals surface area contributed by atoms with Crippen LogP contribution in [0.5, 0.6) is 0 Å². The van der Waals surface area contributed by atoms with E-state index in [4.69, 9.17) is 5.11 Å². The van der Waals surface area contributed by atoms with E-state index < -0.39 is 12.0 Å². The van der Waals surface area contributed by atoms with Crippen molar-refractivity contribution in [3.8, 4) is 0 Å². The molecule has 0 saturated carbocycles. The SMILES string of the molecule is CCC(C)c1ccc(CN(C)C(C)C(=O)O)cc1. The Hall–Kier alpha value is -1.35. The molecule has 0 fully saturated rings. The summed E-state index contributed by atoms with van der Waals surface area (Å²) >= 11 is 0. The largest absolute Gasteiger partial charge is 0.480 e. The molecule has 3 nitrogen and oxygen atoms in total. The second-order valence-corrected chi connectivity index (χ2v) is 4.98. The maximum Gasteiger partial charge on any atom is 0.320 e.